The molecular formula is C30H26N2O3. The lowest BCUT2D eigenvalue weighted by molar-refractivity contribution is -0.116. The van der Waals surface area contributed by atoms with Crippen molar-refractivity contribution in [2.45, 2.75) is 24.8 Å². The van der Waals surface area contributed by atoms with Crippen LogP contribution in [0, 0.1) is 0 Å². The van der Waals surface area contributed by atoms with Crippen LogP contribution in [0.5, 0.6) is 11.5 Å². The van der Waals surface area contributed by atoms with Crippen LogP contribution in [0.1, 0.15) is 41.5 Å². The zero-order chi connectivity index (χ0) is 23.9. The first-order valence-electron chi connectivity index (χ1n) is 11.9. The molecule has 2 atom stereocenters. The number of anilines is 1. The number of benzene rings is 3. The second-order valence-corrected chi connectivity index (χ2v) is 9.07. The molecule has 1 aliphatic heterocycles. The third-order valence-corrected chi connectivity index (χ3v) is 7.21. The molecule has 0 bridgehead atoms. The molecular weight excluding hydrogens is 436 g/mol. The summed E-state index contributed by atoms with van der Waals surface area (Å²) in [5.41, 5.74) is 7.06. The summed E-state index contributed by atoms with van der Waals surface area (Å²) in [6, 6.07) is 24.0. The smallest absolute Gasteiger partial charge is 0.162 e. The van der Waals surface area contributed by atoms with Gasteiger partial charge in [-0.15, -0.1) is 0 Å². The number of nitrogens with zero attached hydrogens (tertiary/aromatic N) is 1. The van der Waals surface area contributed by atoms with Gasteiger partial charge in [-0.05, 0) is 53.8 Å². The Balaban J connectivity index is 1.58. The standard InChI is InChI=1S/C30H26N2O3/c1-34-20-10-11-22(27(17-20)35-2)30-29-23(15-19(16-26(29)33)18-7-4-3-5-8-18)28-21-9-6-14-31-24(21)12-13-25(28)32-30/h3-14,17,19,30,32H,15-16H2,1-2H3/t19-,30+/m1/s1. The number of pyridine rings is 1. The highest BCUT2D eigenvalue weighted by molar-refractivity contribution is 6.12. The van der Waals surface area contributed by atoms with Crippen LogP contribution in [-0.4, -0.2) is 25.0 Å². The number of Topliss-reactive ketones (excluding diaryl/α,β-unsaturated/α-hetero) is 1. The summed E-state index contributed by atoms with van der Waals surface area (Å²) in [5.74, 6) is 1.71. The highest BCUT2D eigenvalue weighted by Gasteiger charge is 2.39. The lowest BCUT2D eigenvalue weighted by Gasteiger charge is -2.37. The van der Waals surface area contributed by atoms with E-state index < -0.39 is 0 Å². The molecule has 1 N–H and O–H groups in total. The van der Waals surface area contributed by atoms with Crippen molar-refractivity contribution < 1.29 is 14.3 Å². The predicted molar refractivity (Wildman–Crippen MR) is 138 cm³/mol. The van der Waals surface area contributed by atoms with E-state index in [0.717, 1.165) is 45.3 Å². The summed E-state index contributed by atoms with van der Waals surface area (Å²) >= 11 is 0. The van der Waals surface area contributed by atoms with Crippen molar-refractivity contribution >= 4 is 27.9 Å². The van der Waals surface area contributed by atoms with Crippen molar-refractivity contribution in [3.8, 4) is 11.5 Å². The Morgan fingerprint density at radius 1 is 0.914 bits per heavy atom. The van der Waals surface area contributed by atoms with Gasteiger partial charge in [0.1, 0.15) is 11.5 Å². The Hall–Kier alpha value is -4.12. The Morgan fingerprint density at radius 2 is 1.77 bits per heavy atom. The van der Waals surface area contributed by atoms with Gasteiger partial charge in [0.05, 0.1) is 25.8 Å². The van der Waals surface area contributed by atoms with Gasteiger partial charge in [0.25, 0.3) is 0 Å². The van der Waals surface area contributed by atoms with Crippen molar-refractivity contribution in [3.05, 3.63) is 101 Å². The number of allylic oxidation sites excluding steroid dienone is 1. The Bertz CT molecular complexity index is 1480. The minimum atomic E-state index is -0.309. The number of aromatic nitrogens is 1. The van der Waals surface area contributed by atoms with Crippen molar-refractivity contribution in [2.24, 2.45) is 0 Å². The number of carbonyl (C=O) groups is 1. The maximum Gasteiger partial charge on any atom is 0.162 e. The van der Waals surface area contributed by atoms with Crippen molar-refractivity contribution in [1.29, 1.82) is 0 Å². The molecule has 0 saturated carbocycles. The molecule has 35 heavy (non-hydrogen) atoms. The number of rotatable bonds is 4. The Kier molecular flexibility index (Phi) is 5.25. The van der Waals surface area contributed by atoms with E-state index in [1.54, 1.807) is 14.2 Å². The SMILES string of the molecule is COc1ccc([C@@H]2Nc3ccc4ncccc4c3C3=C2C(=O)C[C@H](c2ccccc2)C3)c(OC)c1. The fourth-order valence-electron chi connectivity index (χ4n) is 5.58. The maximum atomic E-state index is 13.9. The molecule has 4 aromatic rings. The normalized spacial score (nSPS) is 19.1. The van der Waals surface area contributed by atoms with Crippen molar-refractivity contribution in [2.75, 3.05) is 19.5 Å². The van der Waals surface area contributed by atoms with Crippen LogP contribution in [0.3, 0.4) is 0 Å². The predicted octanol–water partition coefficient (Wildman–Crippen LogP) is 6.32. The number of ketones is 1. The minimum absolute atomic E-state index is 0.138. The summed E-state index contributed by atoms with van der Waals surface area (Å²) in [6.45, 7) is 0. The van der Waals surface area contributed by atoms with E-state index in [0.29, 0.717) is 17.9 Å². The average Bonchev–Trinajstić information content (AvgIpc) is 2.92. The summed E-state index contributed by atoms with van der Waals surface area (Å²) in [7, 11) is 3.29. The van der Waals surface area contributed by atoms with E-state index in [1.807, 2.05) is 54.7 Å². The van der Waals surface area contributed by atoms with Crippen LogP contribution in [0.2, 0.25) is 0 Å². The topological polar surface area (TPSA) is 60.5 Å². The lowest BCUT2D eigenvalue weighted by Crippen LogP contribution is -2.30. The Labute approximate surface area is 204 Å². The van der Waals surface area contributed by atoms with Gasteiger partial charge < -0.3 is 14.8 Å². The quantitative estimate of drug-likeness (QED) is 0.385. The molecule has 0 spiro atoms. The first-order valence-corrected chi connectivity index (χ1v) is 11.9. The first-order chi connectivity index (χ1) is 17.2. The third kappa shape index (κ3) is 3.55. The molecule has 0 unspecified atom stereocenters. The summed E-state index contributed by atoms with van der Waals surface area (Å²) in [6.07, 6.45) is 3.09. The number of fused-ring (bicyclic) bond motifs is 4. The number of nitrogens with one attached hydrogen (secondary N) is 1. The van der Waals surface area contributed by atoms with Gasteiger partial charge >= 0.3 is 0 Å². The van der Waals surface area contributed by atoms with Gasteiger partial charge in [0.15, 0.2) is 5.78 Å². The summed E-state index contributed by atoms with van der Waals surface area (Å²) in [5, 5.41) is 4.74. The molecule has 0 saturated heterocycles. The second-order valence-electron chi connectivity index (χ2n) is 9.07. The van der Waals surface area contributed by atoms with Crippen LogP contribution in [0.15, 0.2) is 84.6 Å². The Morgan fingerprint density at radius 3 is 2.57 bits per heavy atom. The van der Waals surface area contributed by atoms with Crippen molar-refractivity contribution in [3.63, 3.8) is 0 Å². The zero-order valence-corrected chi connectivity index (χ0v) is 19.7. The third-order valence-electron chi connectivity index (χ3n) is 7.21. The molecule has 2 heterocycles. The highest BCUT2D eigenvalue weighted by atomic mass is 16.5. The minimum Gasteiger partial charge on any atom is -0.497 e. The van der Waals surface area contributed by atoms with Gasteiger partial charge in [0.2, 0.25) is 0 Å². The van der Waals surface area contributed by atoms with Gasteiger partial charge in [-0.3, -0.25) is 9.78 Å². The molecule has 0 radical (unpaired) electrons. The van der Waals surface area contributed by atoms with E-state index in [1.165, 1.54) is 5.56 Å². The summed E-state index contributed by atoms with van der Waals surface area (Å²) < 4.78 is 11.1. The number of carbonyl (C=O) groups excluding carboxylic acids is 1. The zero-order valence-electron chi connectivity index (χ0n) is 19.7. The van der Waals surface area contributed by atoms with Crippen LogP contribution in [-0.2, 0) is 4.79 Å². The molecule has 2 aliphatic rings. The average molecular weight is 463 g/mol. The maximum absolute atomic E-state index is 13.9. The number of hydrogen-bond acceptors (Lipinski definition) is 5. The number of methoxy groups -OCH3 is 2. The highest BCUT2D eigenvalue weighted by Crippen LogP contribution is 2.52. The molecule has 1 aliphatic carbocycles. The van der Waals surface area contributed by atoms with Crippen LogP contribution in [0.4, 0.5) is 5.69 Å². The van der Waals surface area contributed by atoms with E-state index in [4.69, 9.17) is 9.47 Å². The van der Waals surface area contributed by atoms with Crippen LogP contribution in [0.25, 0.3) is 16.5 Å². The molecule has 3 aromatic carbocycles. The molecule has 1 aromatic heterocycles. The van der Waals surface area contributed by atoms with Gasteiger partial charge in [0, 0.05) is 46.5 Å². The molecule has 5 nitrogen and oxygen atoms in total. The van der Waals surface area contributed by atoms with E-state index in [2.05, 4.69) is 34.6 Å². The molecule has 174 valence electrons. The molecule has 5 heteroatoms. The monoisotopic (exact) mass is 462 g/mol. The molecule has 6 rings (SSSR count). The van der Waals surface area contributed by atoms with E-state index in [-0.39, 0.29) is 17.7 Å². The van der Waals surface area contributed by atoms with Gasteiger partial charge in [-0.2, -0.15) is 0 Å². The number of hydrogen-bond donors (Lipinski definition) is 1. The number of ether oxygens (including phenoxy) is 2. The molecule has 0 amide bonds. The second kappa shape index (κ2) is 8.58. The van der Waals surface area contributed by atoms with Gasteiger partial charge in [-0.25, -0.2) is 0 Å². The first kappa shape index (κ1) is 21.4. The fraction of sp³-hybridized carbons (Fsp3) is 0.200. The molecule has 0 fully saturated rings. The van der Waals surface area contributed by atoms with Crippen molar-refractivity contribution in [1.82, 2.24) is 4.98 Å². The van der Waals surface area contributed by atoms with E-state index >= 15 is 0 Å². The summed E-state index contributed by atoms with van der Waals surface area (Å²) in [4.78, 5) is 18.5. The van der Waals surface area contributed by atoms with Crippen LogP contribution < -0.4 is 14.8 Å². The largest absolute Gasteiger partial charge is 0.497 e. The van der Waals surface area contributed by atoms with Crippen LogP contribution >= 0.6 is 0 Å². The lowest BCUT2D eigenvalue weighted by atomic mass is 9.71. The van der Waals surface area contributed by atoms with E-state index in [9.17, 15) is 4.79 Å². The van der Waals surface area contributed by atoms with Gasteiger partial charge in [-0.1, -0.05) is 36.4 Å². The fourth-order valence-corrected chi connectivity index (χ4v) is 5.58.